The van der Waals surface area contributed by atoms with Gasteiger partial charge in [0.1, 0.15) is 24.4 Å². The molecule has 0 bridgehead atoms. The first kappa shape index (κ1) is 17.6. The van der Waals surface area contributed by atoms with Gasteiger partial charge in [0, 0.05) is 11.1 Å². The van der Waals surface area contributed by atoms with E-state index in [1.165, 1.54) is 0 Å². The normalized spacial score (nSPS) is 34.2. The summed E-state index contributed by atoms with van der Waals surface area (Å²) in [4.78, 5) is 0. The first-order valence-electron chi connectivity index (χ1n) is 8.73. The van der Waals surface area contributed by atoms with Crippen molar-refractivity contribution in [1.29, 1.82) is 0 Å². The van der Waals surface area contributed by atoms with Gasteiger partial charge in [-0.05, 0) is 0 Å². The number of aliphatic hydroxyl groups excluding tert-OH is 2. The van der Waals surface area contributed by atoms with Crippen molar-refractivity contribution in [3.63, 3.8) is 0 Å². The summed E-state index contributed by atoms with van der Waals surface area (Å²) in [7, 11) is 0. The Bertz CT molecular complexity index is 632. The van der Waals surface area contributed by atoms with Gasteiger partial charge in [0.2, 0.25) is 0 Å². The number of benzene rings is 2. The van der Waals surface area contributed by atoms with Gasteiger partial charge < -0.3 is 29.2 Å². The number of aliphatic hydroxyl groups is 2. The van der Waals surface area contributed by atoms with E-state index in [1.807, 2.05) is 60.7 Å². The Labute approximate surface area is 151 Å². The van der Waals surface area contributed by atoms with Crippen LogP contribution in [0.3, 0.4) is 0 Å². The van der Waals surface area contributed by atoms with Crippen molar-refractivity contribution in [2.75, 3.05) is 13.2 Å². The van der Waals surface area contributed by atoms with Crippen LogP contribution in [0.1, 0.15) is 23.7 Å². The summed E-state index contributed by atoms with van der Waals surface area (Å²) in [6.07, 6.45) is -3.38. The second-order valence-electron chi connectivity index (χ2n) is 6.40. The van der Waals surface area contributed by atoms with Crippen LogP contribution in [0.4, 0.5) is 0 Å². The van der Waals surface area contributed by atoms with Crippen molar-refractivity contribution in [3.05, 3.63) is 71.8 Å². The SMILES string of the molecule is OCC1OC(c2ccccc2)OC1C1OC(c2ccccc2)OC1CO. The summed E-state index contributed by atoms with van der Waals surface area (Å²) in [6.45, 7) is -0.413. The van der Waals surface area contributed by atoms with Crippen LogP contribution in [-0.4, -0.2) is 47.8 Å². The Morgan fingerprint density at radius 3 is 1.31 bits per heavy atom. The van der Waals surface area contributed by atoms with Crippen molar-refractivity contribution in [2.45, 2.75) is 37.0 Å². The molecule has 6 heteroatoms. The lowest BCUT2D eigenvalue weighted by Crippen LogP contribution is -2.44. The quantitative estimate of drug-likeness (QED) is 0.851. The summed E-state index contributed by atoms with van der Waals surface area (Å²) < 4.78 is 23.8. The molecule has 0 aliphatic carbocycles. The molecule has 4 rings (SSSR count). The van der Waals surface area contributed by atoms with Gasteiger partial charge in [-0.2, -0.15) is 0 Å². The highest BCUT2D eigenvalue weighted by Crippen LogP contribution is 2.40. The molecule has 0 spiro atoms. The summed E-state index contributed by atoms with van der Waals surface area (Å²) >= 11 is 0. The molecule has 138 valence electrons. The second-order valence-corrected chi connectivity index (χ2v) is 6.40. The Kier molecular flexibility index (Phi) is 5.31. The van der Waals surface area contributed by atoms with E-state index in [4.69, 9.17) is 18.9 Å². The van der Waals surface area contributed by atoms with Crippen LogP contribution in [0.15, 0.2) is 60.7 Å². The van der Waals surface area contributed by atoms with Gasteiger partial charge >= 0.3 is 0 Å². The highest BCUT2D eigenvalue weighted by molar-refractivity contribution is 5.18. The Hall–Kier alpha value is -1.80. The Morgan fingerprint density at radius 2 is 0.962 bits per heavy atom. The molecule has 0 radical (unpaired) electrons. The molecule has 2 fully saturated rings. The lowest BCUT2D eigenvalue weighted by atomic mass is 10.0. The smallest absolute Gasteiger partial charge is 0.184 e. The van der Waals surface area contributed by atoms with Gasteiger partial charge in [-0.25, -0.2) is 0 Å². The predicted octanol–water partition coefficient (Wildman–Crippen LogP) is 1.94. The summed E-state index contributed by atoms with van der Waals surface area (Å²) in [5.41, 5.74) is 1.74. The maximum Gasteiger partial charge on any atom is 0.184 e. The molecule has 2 aliphatic rings. The fraction of sp³-hybridized carbons (Fsp3) is 0.400. The van der Waals surface area contributed by atoms with E-state index in [9.17, 15) is 10.2 Å². The van der Waals surface area contributed by atoms with Crippen molar-refractivity contribution >= 4 is 0 Å². The average molecular weight is 358 g/mol. The molecule has 0 amide bonds. The van der Waals surface area contributed by atoms with Crippen molar-refractivity contribution in [1.82, 2.24) is 0 Å². The summed E-state index contributed by atoms with van der Waals surface area (Å²) in [5.74, 6) is 0. The van der Waals surface area contributed by atoms with Gasteiger partial charge in [0.25, 0.3) is 0 Å². The van der Waals surface area contributed by atoms with Crippen molar-refractivity contribution in [3.8, 4) is 0 Å². The minimum atomic E-state index is -0.586. The number of hydrogen-bond donors (Lipinski definition) is 2. The molecule has 26 heavy (non-hydrogen) atoms. The van der Waals surface area contributed by atoms with Crippen molar-refractivity contribution in [2.24, 2.45) is 0 Å². The predicted molar refractivity (Wildman–Crippen MR) is 92.0 cm³/mol. The van der Waals surface area contributed by atoms with Gasteiger partial charge in [-0.1, -0.05) is 60.7 Å². The van der Waals surface area contributed by atoms with Crippen LogP contribution in [-0.2, 0) is 18.9 Å². The molecule has 2 aromatic rings. The van der Waals surface area contributed by atoms with Crippen LogP contribution >= 0.6 is 0 Å². The zero-order chi connectivity index (χ0) is 17.9. The maximum absolute atomic E-state index is 9.74. The van der Waals surface area contributed by atoms with Crippen LogP contribution in [0, 0.1) is 0 Å². The van der Waals surface area contributed by atoms with Crippen molar-refractivity contribution < 1.29 is 29.2 Å². The lowest BCUT2D eigenvalue weighted by molar-refractivity contribution is -0.107. The van der Waals surface area contributed by atoms with E-state index in [0.29, 0.717) is 0 Å². The molecule has 2 saturated heterocycles. The minimum Gasteiger partial charge on any atom is -0.394 e. The van der Waals surface area contributed by atoms with E-state index >= 15 is 0 Å². The summed E-state index contributed by atoms with van der Waals surface area (Å²) in [6, 6.07) is 19.1. The molecule has 2 heterocycles. The third-order valence-electron chi connectivity index (χ3n) is 4.72. The maximum atomic E-state index is 9.74. The Balaban J connectivity index is 1.53. The van der Waals surface area contributed by atoms with E-state index in [-0.39, 0.29) is 13.2 Å². The topological polar surface area (TPSA) is 77.4 Å². The average Bonchev–Trinajstić information content (AvgIpc) is 3.33. The minimum absolute atomic E-state index is 0.206. The van der Waals surface area contributed by atoms with E-state index in [0.717, 1.165) is 11.1 Å². The van der Waals surface area contributed by atoms with Gasteiger partial charge in [0.15, 0.2) is 12.6 Å². The fourth-order valence-electron chi connectivity index (χ4n) is 3.40. The molecule has 2 N–H and O–H groups in total. The van der Waals surface area contributed by atoms with Crippen LogP contribution in [0.5, 0.6) is 0 Å². The number of rotatable bonds is 5. The van der Waals surface area contributed by atoms with Crippen LogP contribution in [0.25, 0.3) is 0 Å². The molecule has 6 unspecified atom stereocenters. The molecule has 2 aliphatic heterocycles. The zero-order valence-electron chi connectivity index (χ0n) is 14.2. The Morgan fingerprint density at radius 1 is 0.577 bits per heavy atom. The molecular weight excluding hydrogens is 336 g/mol. The highest BCUT2D eigenvalue weighted by atomic mass is 16.8. The number of hydrogen-bond acceptors (Lipinski definition) is 6. The van der Waals surface area contributed by atoms with E-state index in [2.05, 4.69) is 0 Å². The zero-order valence-corrected chi connectivity index (χ0v) is 14.2. The van der Waals surface area contributed by atoms with Gasteiger partial charge in [-0.15, -0.1) is 0 Å². The third-order valence-corrected chi connectivity index (χ3v) is 4.72. The summed E-state index contributed by atoms with van der Waals surface area (Å²) in [5, 5.41) is 19.5. The molecule has 6 atom stereocenters. The standard InChI is InChI=1S/C20H22O6/c21-11-15-17(25-19(23-15)13-7-3-1-4-8-13)18-16(12-22)24-20(26-18)14-9-5-2-6-10-14/h1-10,15-22H,11-12H2. The number of ether oxygens (including phenoxy) is 4. The second kappa shape index (κ2) is 7.84. The molecular formula is C20H22O6. The highest BCUT2D eigenvalue weighted by Gasteiger charge is 2.49. The van der Waals surface area contributed by atoms with E-state index < -0.39 is 37.0 Å². The fourth-order valence-corrected chi connectivity index (χ4v) is 3.40. The van der Waals surface area contributed by atoms with Gasteiger partial charge in [0.05, 0.1) is 13.2 Å². The van der Waals surface area contributed by atoms with Crippen LogP contribution < -0.4 is 0 Å². The third kappa shape index (κ3) is 3.40. The van der Waals surface area contributed by atoms with Gasteiger partial charge in [-0.3, -0.25) is 0 Å². The first-order valence-corrected chi connectivity index (χ1v) is 8.73. The lowest BCUT2D eigenvalue weighted by Gasteiger charge is -2.23. The molecule has 0 aromatic heterocycles. The monoisotopic (exact) mass is 358 g/mol. The first-order chi connectivity index (χ1) is 12.8. The molecule has 6 nitrogen and oxygen atoms in total. The largest absolute Gasteiger partial charge is 0.394 e. The molecule has 0 saturated carbocycles. The molecule has 2 aromatic carbocycles. The van der Waals surface area contributed by atoms with E-state index in [1.54, 1.807) is 0 Å². The van der Waals surface area contributed by atoms with Crippen LogP contribution in [0.2, 0.25) is 0 Å².